The van der Waals surface area contributed by atoms with Gasteiger partial charge in [-0.1, -0.05) is 0 Å². The van der Waals surface area contributed by atoms with Gasteiger partial charge in [0.05, 0.1) is 0 Å². The summed E-state index contributed by atoms with van der Waals surface area (Å²) in [7, 11) is 0. The Morgan fingerprint density at radius 3 is 1.29 bits per heavy atom. The molecule has 0 radical (unpaired) electrons. The quantitative estimate of drug-likeness (QED) is 0.445. The molecular weight excluding hydrogens is 465 g/mol. The standard InChI is InChI=1S/C21H18N.BrH.Sn/c1-4-10-19(11-5-1)16-22(17-20-12-6-2-7-13-20)18-21-14-8-3-9-15-21;;/h1-10,12,14H,16-18H2;1H;/q;;+1/p-1. The van der Waals surface area contributed by atoms with Gasteiger partial charge < -0.3 is 0 Å². The van der Waals surface area contributed by atoms with E-state index in [9.17, 15) is 0 Å². The molecule has 3 heterocycles. The van der Waals surface area contributed by atoms with Crippen molar-refractivity contribution in [3.63, 3.8) is 0 Å². The van der Waals surface area contributed by atoms with Gasteiger partial charge in [0.15, 0.2) is 0 Å². The number of rotatable bonds is 0. The molecule has 0 saturated carbocycles. The van der Waals surface area contributed by atoms with Crippen LogP contribution in [0.15, 0.2) is 72.8 Å². The predicted molar refractivity (Wildman–Crippen MR) is 106 cm³/mol. The molecule has 0 N–H and O–H groups in total. The molecule has 0 atom stereocenters. The van der Waals surface area contributed by atoms with Gasteiger partial charge in [0, 0.05) is 0 Å². The van der Waals surface area contributed by atoms with E-state index in [2.05, 4.69) is 90.4 Å². The first kappa shape index (κ1) is 15.2. The summed E-state index contributed by atoms with van der Waals surface area (Å²) in [5, 5.41) is 0. The first-order valence-corrected chi connectivity index (χ1v) is 19.1. The zero-order chi connectivity index (χ0) is 16.1. The third kappa shape index (κ3) is 2.16. The van der Waals surface area contributed by atoms with Crippen molar-refractivity contribution in [2.75, 3.05) is 0 Å². The van der Waals surface area contributed by atoms with Crippen molar-refractivity contribution in [3.05, 3.63) is 89.5 Å². The molecular formula is C21H18BrNSn. The second-order valence-corrected chi connectivity index (χ2v) is 23.1. The van der Waals surface area contributed by atoms with Crippen molar-refractivity contribution in [3.8, 4) is 0 Å². The molecule has 1 nitrogen and oxygen atoms in total. The number of halogens is 1. The molecule has 24 heavy (non-hydrogen) atoms. The molecule has 0 amide bonds. The minimum absolute atomic E-state index is 1.04. The van der Waals surface area contributed by atoms with Gasteiger partial charge in [-0.05, 0) is 0 Å². The Kier molecular flexibility index (Phi) is 3.62. The van der Waals surface area contributed by atoms with Gasteiger partial charge >= 0.3 is 154 Å². The summed E-state index contributed by atoms with van der Waals surface area (Å²) in [6.45, 7) is 3.13. The Hall–Kier alpha value is -1.10. The second-order valence-electron chi connectivity index (χ2n) is 6.78. The number of benzene rings is 3. The predicted octanol–water partition coefficient (Wildman–Crippen LogP) is 2.88. The maximum absolute atomic E-state index is 4.45. The summed E-state index contributed by atoms with van der Waals surface area (Å²) < 4.78 is 4.74. The van der Waals surface area contributed by atoms with Crippen molar-refractivity contribution in [2.45, 2.75) is 19.6 Å². The second kappa shape index (κ2) is 5.72. The van der Waals surface area contributed by atoms with Gasteiger partial charge in [-0.15, -0.1) is 0 Å². The van der Waals surface area contributed by atoms with Gasteiger partial charge in [0.2, 0.25) is 0 Å². The minimum atomic E-state index is -3.12. The molecule has 3 aromatic carbocycles. The van der Waals surface area contributed by atoms with Crippen LogP contribution in [0.2, 0.25) is 0 Å². The molecule has 3 aliphatic rings. The Bertz CT molecular complexity index is 816. The van der Waals surface area contributed by atoms with Crippen LogP contribution in [0, 0.1) is 0 Å². The van der Waals surface area contributed by atoms with Crippen molar-refractivity contribution in [1.82, 2.24) is 4.90 Å². The van der Waals surface area contributed by atoms with E-state index in [-0.39, 0.29) is 0 Å². The topological polar surface area (TPSA) is 3.24 Å². The van der Waals surface area contributed by atoms with Crippen LogP contribution < -0.4 is 10.7 Å². The summed E-state index contributed by atoms with van der Waals surface area (Å²) in [6, 6.07) is 27.3. The summed E-state index contributed by atoms with van der Waals surface area (Å²) in [5.74, 6) is 0. The van der Waals surface area contributed by atoms with E-state index >= 15 is 0 Å². The van der Waals surface area contributed by atoms with E-state index in [1.165, 1.54) is 16.7 Å². The fraction of sp³-hybridized carbons (Fsp3) is 0.143. The normalized spacial score (nSPS) is 24.1. The molecule has 2 bridgehead atoms. The van der Waals surface area contributed by atoms with Gasteiger partial charge in [-0.3, -0.25) is 0 Å². The molecule has 3 aromatic rings. The maximum atomic E-state index is 4.45. The molecule has 0 saturated heterocycles. The van der Waals surface area contributed by atoms with E-state index in [0.29, 0.717) is 0 Å². The molecule has 6 rings (SSSR count). The van der Waals surface area contributed by atoms with Crippen LogP contribution in [0.4, 0.5) is 0 Å². The van der Waals surface area contributed by atoms with Crippen LogP contribution in [0.25, 0.3) is 0 Å². The van der Waals surface area contributed by atoms with Crippen molar-refractivity contribution in [2.24, 2.45) is 0 Å². The first-order chi connectivity index (χ1) is 11.8. The van der Waals surface area contributed by atoms with Crippen LogP contribution in [-0.4, -0.2) is 21.1 Å². The fourth-order valence-electron chi connectivity index (χ4n) is 4.31. The van der Waals surface area contributed by atoms with Gasteiger partial charge in [-0.2, -0.15) is 0 Å². The molecule has 118 valence electrons. The van der Waals surface area contributed by atoms with Crippen LogP contribution in [0.1, 0.15) is 16.7 Å². The van der Waals surface area contributed by atoms with Crippen LogP contribution in [0.5, 0.6) is 0 Å². The average Bonchev–Trinajstić information content (AvgIpc) is 2.60. The molecule has 0 spiro atoms. The fourth-order valence-corrected chi connectivity index (χ4v) is 22.5. The summed E-state index contributed by atoms with van der Waals surface area (Å²) in [6.07, 6.45) is 0. The van der Waals surface area contributed by atoms with E-state index in [4.69, 9.17) is 0 Å². The Labute approximate surface area is 153 Å². The Morgan fingerprint density at radius 2 is 0.917 bits per heavy atom. The molecule has 0 aliphatic carbocycles. The molecule has 0 aromatic heterocycles. The summed E-state index contributed by atoms with van der Waals surface area (Å²) in [5.41, 5.74) is 4.53. The van der Waals surface area contributed by atoms with Gasteiger partial charge in [0.25, 0.3) is 0 Å². The number of nitrogens with zero attached hydrogens (tertiary/aromatic N) is 1. The summed E-state index contributed by atoms with van der Waals surface area (Å²) in [4.78, 5) is 2.59. The molecule has 0 unspecified atom stereocenters. The third-order valence-corrected chi connectivity index (χ3v) is 24.5. The average molecular weight is 483 g/mol. The van der Waals surface area contributed by atoms with Crippen LogP contribution in [0.3, 0.4) is 0 Å². The first-order valence-electron chi connectivity index (χ1n) is 8.43. The molecule has 0 fully saturated rings. The Morgan fingerprint density at radius 1 is 0.583 bits per heavy atom. The van der Waals surface area contributed by atoms with E-state index in [1.54, 1.807) is 10.7 Å². The summed E-state index contributed by atoms with van der Waals surface area (Å²) >= 11 is 1.33. The van der Waals surface area contributed by atoms with Gasteiger partial charge in [-0.25, -0.2) is 0 Å². The van der Waals surface area contributed by atoms with Crippen molar-refractivity contribution >= 4 is 39.6 Å². The zero-order valence-electron chi connectivity index (χ0n) is 13.4. The monoisotopic (exact) mass is 483 g/mol. The number of hydrogen-bond donors (Lipinski definition) is 0. The zero-order valence-corrected chi connectivity index (χ0v) is 17.8. The molecule has 3 aliphatic heterocycles. The van der Waals surface area contributed by atoms with Crippen molar-refractivity contribution < 1.29 is 0 Å². The van der Waals surface area contributed by atoms with E-state index < -0.39 is 16.2 Å². The molecule has 3 heteroatoms. The van der Waals surface area contributed by atoms with Crippen LogP contribution in [-0.2, 0) is 19.6 Å². The van der Waals surface area contributed by atoms with Crippen molar-refractivity contribution in [1.29, 1.82) is 0 Å². The Balaban J connectivity index is 1.95. The van der Waals surface area contributed by atoms with E-state index in [0.717, 1.165) is 19.6 Å². The number of hydrogen-bond acceptors (Lipinski definition) is 1. The van der Waals surface area contributed by atoms with Gasteiger partial charge in [0.1, 0.15) is 0 Å². The SMILES string of the molecule is [Br][Sn]12[c]3ccccc3CN(Cc3cccc[c]31)Cc1cccc[c]12. The van der Waals surface area contributed by atoms with E-state index in [1.807, 2.05) is 0 Å². The van der Waals surface area contributed by atoms with Crippen LogP contribution >= 0.6 is 12.7 Å². The third-order valence-electron chi connectivity index (χ3n) is 5.35.